The van der Waals surface area contributed by atoms with Gasteiger partial charge in [0.25, 0.3) is 5.56 Å². The van der Waals surface area contributed by atoms with Crippen LogP contribution in [0.1, 0.15) is 38.2 Å². The van der Waals surface area contributed by atoms with Crippen LogP contribution in [0.3, 0.4) is 0 Å². The number of ether oxygens (including phenoxy) is 2. The van der Waals surface area contributed by atoms with Gasteiger partial charge in [-0.3, -0.25) is 4.79 Å². The Morgan fingerprint density at radius 1 is 1.24 bits per heavy atom. The predicted octanol–water partition coefficient (Wildman–Crippen LogP) is 4.00. The van der Waals surface area contributed by atoms with E-state index in [4.69, 9.17) is 21.1 Å². The lowest BCUT2D eigenvalue weighted by Crippen LogP contribution is -2.12. The van der Waals surface area contributed by atoms with Gasteiger partial charge in [-0.05, 0) is 24.1 Å². The number of nitrogens with one attached hydrogen (secondary N) is 2. The number of hydrogen-bond donors (Lipinski definition) is 2. The maximum Gasteiger partial charge on any atom is 0.285 e. The predicted molar refractivity (Wildman–Crippen MR) is 99.8 cm³/mol. The molecular formula is C18H24ClN3O3. The highest BCUT2D eigenvalue weighted by molar-refractivity contribution is 6.32. The minimum absolute atomic E-state index is 0.0934. The van der Waals surface area contributed by atoms with Crippen LogP contribution < -0.4 is 20.3 Å². The summed E-state index contributed by atoms with van der Waals surface area (Å²) in [7, 11) is 1.62. The number of aromatic amines is 1. The van der Waals surface area contributed by atoms with Crippen LogP contribution in [-0.2, 0) is 6.54 Å². The van der Waals surface area contributed by atoms with E-state index in [1.54, 1.807) is 7.11 Å². The maximum atomic E-state index is 11.5. The zero-order valence-corrected chi connectivity index (χ0v) is 15.4. The first-order valence-corrected chi connectivity index (χ1v) is 8.80. The Bertz CT molecular complexity index is 734. The van der Waals surface area contributed by atoms with Crippen molar-refractivity contribution in [3.05, 3.63) is 45.3 Å². The van der Waals surface area contributed by atoms with Crippen molar-refractivity contribution < 1.29 is 9.47 Å². The van der Waals surface area contributed by atoms with Crippen LogP contribution in [0.25, 0.3) is 0 Å². The van der Waals surface area contributed by atoms with E-state index >= 15 is 0 Å². The molecule has 1 aromatic heterocycles. The summed E-state index contributed by atoms with van der Waals surface area (Å²) in [6, 6.07) is 5.74. The molecule has 2 N–H and O–H groups in total. The van der Waals surface area contributed by atoms with Crippen molar-refractivity contribution in [2.75, 3.05) is 19.0 Å². The summed E-state index contributed by atoms with van der Waals surface area (Å²) < 4.78 is 11.2. The summed E-state index contributed by atoms with van der Waals surface area (Å²) in [6.07, 6.45) is 6.08. The molecule has 6 nitrogen and oxygen atoms in total. The smallest absolute Gasteiger partial charge is 0.285 e. The highest BCUT2D eigenvalue weighted by Crippen LogP contribution is 2.29. The number of hydrogen-bond acceptors (Lipinski definition) is 5. The normalized spacial score (nSPS) is 10.5. The lowest BCUT2D eigenvalue weighted by atomic mass is 10.2. The molecule has 0 fully saturated rings. The highest BCUT2D eigenvalue weighted by atomic mass is 35.5. The van der Waals surface area contributed by atoms with Crippen LogP contribution in [0.4, 0.5) is 5.69 Å². The quantitative estimate of drug-likeness (QED) is 0.622. The molecule has 0 spiro atoms. The maximum absolute atomic E-state index is 11.5. The summed E-state index contributed by atoms with van der Waals surface area (Å²) in [5.74, 6) is 1.42. The first kappa shape index (κ1) is 19.1. The summed E-state index contributed by atoms with van der Waals surface area (Å²) in [6.45, 7) is 3.33. The van der Waals surface area contributed by atoms with E-state index in [0.29, 0.717) is 30.3 Å². The van der Waals surface area contributed by atoms with Gasteiger partial charge < -0.3 is 14.8 Å². The Labute approximate surface area is 152 Å². The van der Waals surface area contributed by atoms with Crippen molar-refractivity contribution in [3.63, 3.8) is 0 Å². The van der Waals surface area contributed by atoms with Crippen LogP contribution in [0, 0.1) is 0 Å². The molecule has 2 rings (SSSR count). The third kappa shape index (κ3) is 5.67. The third-order valence-electron chi connectivity index (χ3n) is 3.76. The number of H-pyrrole nitrogens is 1. The van der Waals surface area contributed by atoms with Crippen molar-refractivity contribution in [3.8, 4) is 11.5 Å². The van der Waals surface area contributed by atoms with Crippen LogP contribution in [0.15, 0.2) is 29.2 Å². The standard InChI is InChI=1S/C18H24ClN3O3/c1-3-4-5-6-9-25-16-10-13(7-8-15(16)24-2)11-20-14-12-21-22-18(23)17(14)19/h7-8,10,12H,3-6,9,11H2,1-2H3,(H2,20,22,23). The molecule has 0 amide bonds. The monoisotopic (exact) mass is 365 g/mol. The van der Waals surface area contributed by atoms with Gasteiger partial charge in [-0.1, -0.05) is 43.9 Å². The second-order valence-corrected chi connectivity index (χ2v) is 6.05. The molecule has 0 saturated carbocycles. The summed E-state index contributed by atoms with van der Waals surface area (Å²) in [5.41, 5.74) is 1.06. The second-order valence-electron chi connectivity index (χ2n) is 5.67. The summed E-state index contributed by atoms with van der Waals surface area (Å²) >= 11 is 5.96. The average Bonchev–Trinajstić information content (AvgIpc) is 2.63. The van der Waals surface area contributed by atoms with E-state index in [0.717, 1.165) is 18.4 Å². The van der Waals surface area contributed by atoms with E-state index in [1.165, 1.54) is 19.0 Å². The first-order valence-electron chi connectivity index (χ1n) is 8.42. The molecule has 0 bridgehead atoms. The van der Waals surface area contributed by atoms with E-state index in [2.05, 4.69) is 22.4 Å². The van der Waals surface area contributed by atoms with Crippen molar-refractivity contribution in [2.45, 2.75) is 39.2 Å². The fraction of sp³-hybridized carbons (Fsp3) is 0.444. The van der Waals surface area contributed by atoms with E-state index in [1.807, 2.05) is 18.2 Å². The number of rotatable bonds is 10. The Hall–Kier alpha value is -2.21. The Morgan fingerprint density at radius 3 is 2.84 bits per heavy atom. The molecule has 0 atom stereocenters. The van der Waals surface area contributed by atoms with Gasteiger partial charge in [-0.2, -0.15) is 5.10 Å². The molecule has 0 aliphatic heterocycles. The average molecular weight is 366 g/mol. The summed E-state index contributed by atoms with van der Waals surface area (Å²) in [5, 5.41) is 9.23. The van der Waals surface area contributed by atoms with Gasteiger partial charge in [0.2, 0.25) is 0 Å². The third-order valence-corrected chi connectivity index (χ3v) is 4.14. The van der Waals surface area contributed by atoms with Crippen LogP contribution in [0.2, 0.25) is 5.02 Å². The molecule has 0 unspecified atom stereocenters. The number of nitrogens with zero attached hydrogens (tertiary/aromatic N) is 1. The van der Waals surface area contributed by atoms with Crippen molar-refractivity contribution in [1.29, 1.82) is 0 Å². The Morgan fingerprint density at radius 2 is 2.08 bits per heavy atom. The molecule has 0 aliphatic carbocycles. The number of benzene rings is 1. The van der Waals surface area contributed by atoms with Gasteiger partial charge >= 0.3 is 0 Å². The minimum Gasteiger partial charge on any atom is -0.493 e. The lowest BCUT2D eigenvalue weighted by molar-refractivity contribution is 0.285. The van der Waals surface area contributed by atoms with Gasteiger partial charge in [0.15, 0.2) is 11.5 Å². The highest BCUT2D eigenvalue weighted by Gasteiger charge is 2.08. The van der Waals surface area contributed by atoms with Gasteiger partial charge in [0, 0.05) is 6.54 Å². The fourth-order valence-corrected chi connectivity index (χ4v) is 2.52. The molecule has 1 aromatic carbocycles. The molecule has 0 radical (unpaired) electrons. The molecule has 7 heteroatoms. The van der Waals surface area contributed by atoms with Crippen molar-refractivity contribution >= 4 is 17.3 Å². The Kier molecular flexibility index (Phi) is 7.60. The SMILES string of the molecule is CCCCCCOc1cc(CNc2cn[nH]c(=O)c2Cl)ccc1OC. The van der Waals surface area contributed by atoms with Crippen molar-refractivity contribution in [2.24, 2.45) is 0 Å². The molecule has 25 heavy (non-hydrogen) atoms. The van der Waals surface area contributed by atoms with Crippen LogP contribution in [-0.4, -0.2) is 23.9 Å². The molecule has 0 aliphatic rings. The van der Waals surface area contributed by atoms with Crippen LogP contribution >= 0.6 is 11.6 Å². The minimum atomic E-state index is -0.419. The van der Waals surface area contributed by atoms with Gasteiger partial charge in [-0.15, -0.1) is 0 Å². The second kappa shape index (κ2) is 9.93. The van der Waals surface area contributed by atoms with Crippen molar-refractivity contribution in [1.82, 2.24) is 10.2 Å². The zero-order valence-electron chi connectivity index (χ0n) is 14.6. The number of unbranched alkanes of at least 4 members (excludes halogenated alkanes) is 3. The molecule has 1 heterocycles. The lowest BCUT2D eigenvalue weighted by Gasteiger charge is -2.13. The summed E-state index contributed by atoms with van der Waals surface area (Å²) in [4.78, 5) is 11.5. The van der Waals surface area contributed by atoms with Gasteiger partial charge in [0.05, 0.1) is 25.6 Å². The first-order chi connectivity index (χ1) is 12.2. The number of aromatic nitrogens is 2. The zero-order chi connectivity index (χ0) is 18.1. The largest absolute Gasteiger partial charge is 0.493 e. The van der Waals surface area contributed by atoms with Gasteiger partial charge in [-0.25, -0.2) is 5.10 Å². The molecular weight excluding hydrogens is 342 g/mol. The number of methoxy groups -OCH3 is 1. The van der Waals surface area contributed by atoms with E-state index in [-0.39, 0.29) is 5.02 Å². The Balaban J connectivity index is 2.00. The molecule has 2 aromatic rings. The fourth-order valence-electron chi connectivity index (χ4n) is 2.36. The van der Waals surface area contributed by atoms with Gasteiger partial charge in [0.1, 0.15) is 5.02 Å². The number of halogens is 1. The van der Waals surface area contributed by atoms with Crippen LogP contribution in [0.5, 0.6) is 11.5 Å². The molecule has 0 saturated heterocycles. The molecule has 136 valence electrons. The van der Waals surface area contributed by atoms with E-state index < -0.39 is 5.56 Å². The topological polar surface area (TPSA) is 76.2 Å². The number of anilines is 1. The van der Waals surface area contributed by atoms with E-state index in [9.17, 15) is 4.79 Å².